The van der Waals surface area contributed by atoms with Crippen molar-refractivity contribution in [1.82, 2.24) is 4.90 Å². The Labute approximate surface area is 84.9 Å². The van der Waals surface area contributed by atoms with Gasteiger partial charge in [-0.15, -0.1) is 0 Å². The predicted molar refractivity (Wildman–Crippen MR) is 56.4 cm³/mol. The Kier molecular flexibility index (Phi) is 2.77. The number of nitrogens with two attached hydrogens (primary N) is 1. The maximum Gasteiger partial charge on any atom is 0.0572 e. The fourth-order valence-electron chi connectivity index (χ4n) is 2.23. The van der Waals surface area contributed by atoms with Crippen LogP contribution < -0.4 is 5.73 Å². The molecule has 14 heavy (non-hydrogen) atoms. The third kappa shape index (κ3) is 2.10. The molecule has 3 nitrogen and oxygen atoms in total. The third-order valence-corrected chi connectivity index (χ3v) is 3.09. The Morgan fingerprint density at radius 3 is 2.64 bits per heavy atom. The predicted octanol–water partition coefficient (Wildman–Crippen LogP) is 0.962. The third-order valence-electron chi connectivity index (χ3n) is 3.09. The molecule has 2 rings (SSSR count). The summed E-state index contributed by atoms with van der Waals surface area (Å²) in [5.41, 5.74) is 6.71. The SMILES string of the molecule is NC1=CC=CN(C2CCC(O)CC2)C1. The Hall–Kier alpha value is -0.960. The van der Waals surface area contributed by atoms with Crippen LogP contribution in [0, 0.1) is 0 Å². The molecule has 1 aliphatic heterocycles. The highest BCUT2D eigenvalue weighted by Gasteiger charge is 2.23. The van der Waals surface area contributed by atoms with Crippen LogP contribution in [-0.4, -0.2) is 28.7 Å². The van der Waals surface area contributed by atoms with Gasteiger partial charge in [-0.2, -0.15) is 0 Å². The first-order chi connectivity index (χ1) is 6.75. The van der Waals surface area contributed by atoms with Crippen LogP contribution in [-0.2, 0) is 0 Å². The summed E-state index contributed by atoms with van der Waals surface area (Å²) in [6.07, 6.45) is 10.0. The van der Waals surface area contributed by atoms with Gasteiger partial charge in [-0.3, -0.25) is 0 Å². The lowest BCUT2D eigenvalue weighted by Crippen LogP contribution is -2.38. The van der Waals surface area contributed by atoms with E-state index in [1.807, 2.05) is 12.2 Å². The van der Waals surface area contributed by atoms with Gasteiger partial charge in [0.2, 0.25) is 0 Å². The highest BCUT2D eigenvalue weighted by molar-refractivity contribution is 5.16. The molecule has 0 atom stereocenters. The molecule has 3 heteroatoms. The highest BCUT2D eigenvalue weighted by Crippen LogP contribution is 2.24. The number of aliphatic hydroxyl groups is 1. The van der Waals surface area contributed by atoms with Gasteiger partial charge in [0.25, 0.3) is 0 Å². The van der Waals surface area contributed by atoms with Crippen molar-refractivity contribution in [3.8, 4) is 0 Å². The molecule has 1 aliphatic carbocycles. The molecule has 2 aliphatic rings. The van der Waals surface area contributed by atoms with Crippen LogP contribution in [0.3, 0.4) is 0 Å². The summed E-state index contributed by atoms with van der Waals surface area (Å²) in [5.74, 6) is 0. The highest BCUT2D eigenvalue weighted by atomic mass is 16.3. The zero-order valence-corrected chi connectivity index (χ0v) is 8.39. The van der Waals surface area contributed by atoms with Gasteiger partial charge in [-0.05, 0) is 44.0 Å². The number of rotatable bonds is 1. The van der Waals surface area contributed by atoms with Crippen molar-refractivity contribution in [2.24, 2.45) is 5.73 Å². The average molecular weight is 194 g/mol. The molecule has 1 heterocycles. The van der Waals surface area contributed by atoms with Gasteiger partial charge < -0.3 is 15.7 Å². The second-order valence-corrected chi connectivity index (χ2v) is 4.22. The summed E-state index contributed by atoms with van der Waals surface area (Å²) in [7, 11) is 0. The molecular formula is C11H18N2O. The largest absolute Gasteiger partial charge is 0.401 e. The Morgan fingerprint density at radius 1 is 1.29 bits per heavy atom. The van der Waals surface area contributed by atoms with E-state index in [1.54, 1.807) is 0 Å². The Balaban J connectivity index is 1.90. The molecule has 0 aromatic rings. The smallest absolute Gasteiger partial charge is 0.0572 e. The number of hydrogen-bond donors (Lipinski definition) is 2. The van der Waals surface area contributed by atoms with Gasteiger partial charge in [0.1, 0.15) is 0 Å². The maximum atomic E-state index is 9.40. The van der Waals surface area contributed by atoms with E-state index in [2.05, 4.69) is 11.1 Å². The monoisotopic (exact) mass is 194 g/mol. The minimum Gasteiger partial charge on any atom is -0.401 e. The van der Waals surface area contributed by atoms with E-state index >= 15 is 0 Å². The molecule has 0 spiro atoms. The topological polar surface area (TPSA) is 49.5 Å². The lowest BCUT2D eigenvalue weighted by atomic mass is 9.92. The van der Waals surface area contributed by atoms with Gasteiger partial charge in [0.15, 0.2) is 0 Å². The van der Waals surface area contributed by atoms with E-state index in [1.165, 1.54) is 0 Å². The van der Waals surface area contributed by atoms with Crippen LogP contribution in [0.15, 0.2) is 24.0 Å². The molecule has 78 valence electrons. The summed E-state index contributed by atoms with van der Waals surface area (Å²) in [6.45, 7) is 0.845. The molecule has 0 amide bonds. The number of aliphatic hydroxyl groups excluding tert-OH is 1. The van der Waals surface area contributed by atoms with Crippen LogP contribution in [0.2, 0.25) is 0 Å². The molecule has 0 aromatic heterocycles. The van der Waals surface area contributed by atoms with E-state index in [4.69, 9.17) is 5.73 Å². The maximum absolute atomic E-state index is 9.40. The quantitative estimate of drug-likeness (QED) is 0.653. The Bertz CT molecular complexity index is 252. The zero-order valence-electron chi connectivity index (χ0n) is 8.39. The van der Waals surface area contributed by atoms with Crippen molar-refractivity contribution in [2.45, 2.75) is 37.8 Å². The van der Waals surface area contributed by atoms with E-state index in [9.17, 15) is 5.11 Å². The summed E-state index contributed by atoms with van der Waals surface area (Å²) >= 11 is 0. The lowest BCUT2D eigenvalue weighted by molar-refractivity contribution is 0.0931. The molecule has 0 bridgehead atoms. The second-order valence-electron chi connectivity index (χ2n) is 4.22. The first kappa shape index (κ1) is 9.59. The van der Waals surface area contributed by atoms with Gasteiger partial charge in [0.05, 0.1) is 12.6 Å². The molecule has 0 radical (unpaired) electrons. The van der Waals surface area contributed by atoms with Crippen LogP contribution in [0.4, 0.5) is 0 Å². The first-order valence-corrected chi connectivity index (χ1v) is 5.32. The summed E-state index contributed by atoms with van der Waals surface area (Å²) < 4.78 is 0. The summed E-state index contributed by atoms with van der Waals surface area (Å²) in [6, 6.07) is 0.571. The standard InChI is InChI=1S/C11H18N2O/c12-9-2-1-7-13(8-9)10-3-5-11(14)6-4-10/h1-2,7,10-11,14H,3-6,8,12H2. The van der Waals surface area contributed by atoms with Crippen molar-refractivity contribution in [2.75, 3.05) is 6.54 Å². The molecule has 0 aromatic carbocycles. The molecule has 1 fully saturated rings. The fraction of sp³-hybridized carbons (Fsp3) is 0.636. The van der Waals surface area contributed by atoms with Crippen LogP contribution in [0.25, 0.3) is 0 Å². The first-order valence-electron chi connectivity index (χ1n) is 5.32. The lowest BCUT2D eigenvalue weighted by Gasteiger charge is -2.36. The van der Waals surface area contributed by atoms with Crippen LogP contribution in [0.1, 0.15) is 25.7 Å². The van der Waals surface area contributed by atoms with Crippen LogP contribution >= 0.6 is 0 Å². The van der Waals surface area contributed by atoms with E-state index in [0.29, 0.717) is 6.04 Å². The van der Waals surface area contributed by atoms with E-state index < -0.39 is 0 Å². The molecule has 3 N–H and O–H groups in total. The van der Waals surface area contributed by atoms with Crippen molar-refractivity contribution in [3.05, 3.63) is 24.0 Å². The van der Waals surface area contributed by atoms with Crippen molar-refractivity contribution in [3.63, 3.8) is 0 Å². The molecule has 0 unspecified atom stereocenters. The summed E-state index contributed by atoms with van der Waals surface area (Å²) in [4.78, 5) is 2.29. The van der Waals surface area contributed by atoms with Crippen molar-refractivity contribution in [1.29, 1.82) is 0 Å². The van der Waals surface area contributed by atoms with Gasteiger partial charge >= 0.3 is 0 Å². The Morgan fingerprint density at radius 2 is 2.00 bits per heavy atom. The fourth-order valence-corrected chi connectivity index (χ4v) is 2.23. The molecular weight excluding hydrogens is 176 g/mol. The second kappa shape index (κ2) is 4.05. The van der Waals surface area contributed by atoms with Gasteiger partial charge in [0, 0.05) is 11.7 Å². The summed E-state index contributed by atoms with van der Waals surface area (Å²) in [5, 5.41) is 9.40. The number of allylic oxidation sites excluding steroid dienone is 2. The number of nitrogens with zero attached hydrogens (tertiary/aromatic N) is 1. The van der Waals surface area contributed by atoms with Gasteiger partial charge in [-0.25, -0.2) is 0 Å². The molecule has 1 saturated carbocycles. The van der Waals surface area contributed by atoms with Crippen molar-refractivity contribution < 1.29 is 5.11 Å². The normalized spacial score (nSPS) is 32.9. The van der Waals surface area contributed by atoms with E-state index in [0.717, 1.165) is 37.9 Å². The molecule has 0 saturated heterocycles. The zero-order chi connectivity index (χ0) is 9.97. The average Bonchev–Trinajstić information content (AvgIpc) is 2.19. The minimum absolute atomic E-state index is 0.0760. The van der Waals surface area contributed by atoms with Gasteiger partial charge in [-0.1, -0.05) is 0 Å². The van der Waals surface area contributed by atoms with Crippen molar-refractivity contribution >= 4 is 0 Å². The van der Waals surface area contributed by atoms with Crippen LogP contribution in [0.5, 0.6) is 0 Å². The number of hydrogen-bond acceptors (Lipinski definition) is 3. The van der Waals surface area contributed by atoms with E-state index in [-0.39, 0.29) is 6.10 Å². The minimum atomic E-state index is -0.0760.